The minimum Gasteiger partial charge on any atom is -0.442 e. The van der Waals surface area contributed by atoms with E-state index in [2.05, 4.69) is 35.6 Å². The fourth-order valence-corrected chi connectivity index (χ4v) is 5.27. The van der Waals surface area contributed by atoms with E-state index in [1.54, 1.807) is 0 Å². The van der Waals surface area contributed by atoms with Crippen molar-refractivity contribution < 1.29 is 14.3 Å². The van der Waals surface area contributed by atoms with Crippen molar-refractivity contribution in [3.63, 3.8) is 0 Å². The second-order valence-corrected chi connectivity index (χ2v) is 9.69. The Labute approximate surface area is 196 Å². The number of carbonyl (C=O) groups excluding carboxylic acids is 2. The molecule has 4 unspecified atom stereocenters. The van der Waals surface area contributed by atoms with E-state index in [4.69, 9.17) is 10.5 Å². The van der Waals surface area contributed by atoms with E-state index in [9.17, 15) is 9.59 Å². The maximum absolute atomic E-state index is 13.5. The highest BCUT2D eigenvalue weighted by molar-refractivity contribution is 6.11. The third-order valence-corrected chi connectivity index (χ3v) is 7.42. The first kappa shape index (κ1) is 23.4. The summed E-state index contributed by atoms with van der Waals surface area (Å²) in [5.74, 6) is -0.260. The number of esters is 1. The first-order chi connectivity index (χ1) is 15.7. The molecule has 2 aromatic rings. The molecule has 2 heterocycles. The molecule has 0 spiro atoms. The molecule has 7 heteroatoms. The molecule has 0 fully saturated rings. The molecule has 4 rings (SSSR count). The zero-order chi connectivity index (χ0) is 23.9. The third kappa shape index (κ3) is 4.14. The molecule has 33 heavy (non-hydrogen) atoms. The predicted molar refractivity (Wildman–Crippen MR) is 129 cm³/mol. The van der Waals surface area contributed by atoms with Crippen molar-refractivity contribution in [3.05, 3.63) is 47.9 Å². The lowest BCUT2D eigenvalue weighted by Crippen LogP contribution is -2.46. The summed E-state index contributed by atoms with van der Waals surface area (Å²) in [7, 11) is 2.05. The number of aryl methyl sites for hydroxylation is 1. The number of ketones is 1. The molecule has 7 nitrogen and oxygen atoms in total. The van der Waals surface area contributed by atoms with Crippen LogP contribution in [0.4, 0.5) is 0 Å². The summed E-state index contributed by atoms with van der Waals surface area (Å²) in [5, 5.41) is 1.05. The summed E-state index contributed by atoms with van der Waals surface area (Å²) in [6, 6.07) is 8.15. The quantitative estimate of drug-likeness (QED) is 0.648. The van der Waals surface area contributed by atoms with Crippen molar-refractivity contribution in [2.75, 3.05) is 13.1 Å². The van der Waals surface area contributed by atoms with Gasteiger partial charge in [0, 0.05) is 60.6 Å². The van der Waals surface area contributed by atoms with Crippen LogP contribution in [-0.4, -0.2) is 51.6 Å². The molecule has 1 aliphatic carbocycles. The molecule has 0 amide bonds. The molecule has 2 aliphatic rings. The average molecular weight is 453 g/mol. The predicted octanol–water partition coefficient (Wildman–Crippen LogP) is 3.48. The second-order valence-electron chi connectivity index (χ2n) is 9.69. The van der Waals surface area contributed by atoms with Gasteiger partial charge in [-0.05, 0) is 38.7 Å². The smallest absolute Gasteiger partial charge is 0.312 e. The monoisotopic (exact) mass is 452 g/mol. The molecular weight excluding hydrogens is 416 g/mol. The number of para-hydroxylation sites is 1. The van der Waals surface area contributed by atoms with Crippen LogP contribution in [0.15, 0.2) is 36.7 Å². The number of fused-ring (bicyclic) bond motifs is 3. The summed E-state index contributed by atoms with van der Waals surface area (Å²) < 4.78 is 7.90. The Morgan fingerprint density at radius 2 is 1.94 bits per heavy atom. The van der Waals surface area contributed by atoms with Gasteiger partial charge in [-0.3, -0.25) is 9.59 Å². The van der Waals surface area contributed by atoms with E-state index >= 15 is 0 Å². The molecule has 178 valence electrons. The van der Waals surface area contributed by atoms with Crippen LogP contribution in [0.3, 0.4) is 0 Å². The summed E-state index contributed by atoms with van der Waals surface area (Å²) in [5.41, 5.74) is 8.92. The standard InChI is InChI=1S/C26H36N4O3/c1-16(2)21(14-27)26(32)33-18(4)30-13-12-29(17(30)3)15-19-10-11-23-24(25(19)31)20-8-6-7-9-22(20)28(23)5/h6-9,12-13,16-19,21H,10-11,14-15,27H2,1-5H3. The summed E-state index contributed by atoms with van der Waals surface area (Å²) >= 11 is 0. The fourth-order valence-electron chi connectivity index (χ4n) is 5.27. The fraction of sp³-hybridized carbons (Fsp3) is 0.538. The number of carbonyl (C=O) groups is 2. The Bertz CT molecular complexity index is 1070. The lowest BCUT2D eigenvalue weighted by atomic mass is 9.84. The molecular formula is C26H36N4O3. The van der Waals surface area contributed by atoms with Crippen molar-refractivity contribution in [1.29, 1.82) is 0 Å². The topological polar surface area (TPSA) is 80.8 Å². The van der Waals surface area contributed by atoms with Crippen LogP contribution in [0.1, 0.15) is 50.2 Å². The van der Waals surface area contributed by atoms with Gasteiger partial charge in [0.25, 0.3) is 0 Å². The normalized spacial score (nSPS) is 22.2. The van der Waals surface area contributed by atoms with Gasteiger partial charge in [-0.25, -0.2) is 0 Å². The molecule has 1 aromatic carbocycles. The van der Waals surface area contributed by atoms with Crippen molar-refractivity contribution in [2.24, 2.45) is 30.5 Å². The highest BCUT2D eigenvalue weighted by Crippen LogP contribution is 2.35. The van der Waals surface area contributed by atoms with Gasteiger partial charge in [0.2, 0.25) is 0 Å². The Morgan fingerprint density at radius 1 is 1.21 bits per heavy atom. The number of Topliss-reactive ketones (excluding diaryl/α,β-unsaturated/α-hetero) is 1. The molecule has 1 aromatic heterocycles. The maximum Gasteiger partial charge on any atom is 0.312 e. The first-order valence-electron chi connectivity index (χ1n) is 12.0. The van der Waals surface area contributed by atoms with Crippen LogP contribution >= 0.6 is 0 Å². The van der Waals surface area contributed by atoms with Crippen LogP contribution in [-0.2, 0) is 23.0 Å². The van der Waals surface area contributed by atoms with Gasteiger partial charge in [0.15, 0.2) is 12.0 Å². The largest absolute Gasteiger partial charge is 0.442 e. The van der Waals surface area contributed by atoms with Crippen LogP contribution in [0.25, 0.3) is 10.9 Å². The summed E-state index contributed by atoms with van der Waals surface area (Å²) in [6.45, 7) is 8.83. The first-order valence-corrected chi connectivity index (χ1v) is 12.0. The zero-order valence-corrected chi connectivity index (χ0v) is 20.3. The lowest BCUT2D eigenvalue weighted by Gasteiger charge is -2.36. The molecule has 0 saturated carbocycles. The number of ether oxygens (including phenoxy) is 1. The van der Waals surface area contributed by atoms with E-state index in [1.165, 1.54) is 0 Å². The van der Waals surface area contributed by atoms with E-state index in [0.717, 1.165) is 35.0 Å². The minimum atomic E-state index is -0.409. The number of hydrogen-bond donors (Lipinski definition) is 1. The van der Waals surface area contributed by atoms with Gasteiger partial charge >= 0.3 is 5.97 Å². The number of aromatic nitrogens is 1. The SMILES string of the molecule is CC(C)C(CN)C(=O)OC(C)N1C=CN(CC2CCc3c(c4ccccc4n3C)C2=O)C1C. The molecule has 0 bridgehead atoms. The molecule has 4 atom stereocenters. The lowest BCUT2D eigenvalue weighted by molar-refractivity contribution is -0.163. The van der Waals surface area contributed by atoms with E-state index in [0.29, 0.717) is 6.54 Å². The molecule has 2 N–H and O–H groups in total. The number of nitrogens with two attached hydrogens (primary N) is 1. The van der Waals surface area contributed by atoms with Crippen LogP contribution in [0.2, 0.25) is 0 Å². The number of benzene rings is 1. The molecule has 1 aliphatic heterocycles. The average Bonchev–Trinajstić information content (AvgIpc) is 3.28. The van der Waals surface area contributed by atoms with Gasteiger partial charge in [0.1, 0.15) is 6.17 Å². The van der Waals surface area contributed by atoms with E-state index in [1.807, 2.05) is 50.2 Å². The number of hydrogen-bond acceptors (Lipinski definition) is 6. The molecule has 0 radical (unpaired) electrons. The summed E-state index contributed by atoms with van der Waals surface area (Å²) in [6.07, 6.45) is 5.27. The molecule has 0 saturated heterocycles. The van der Waals surface area contributed by atoms with E-state index in [-0.39, 0.29) is 42.2 Å². The Morgan fingerprint density at radius 3 is 2.64 bits per heavy atom. The highest BCUT2D eigenvalue weighted by Gasteiger charge is 2.36. The Hall–Kier alpha value is -2.80. The second kappa shape index (κ2) is 9.21. The number of rotatable bonds is 7. The van der Waals surface area contributed by atoms with Gasteiger partial charge in [-0.2, -0.15) is 0 Å². The van der Waals surface area contributed by atoms with Crippen LogP contribution in [0, 0.1) is 17.8 Å². The summed E-state index contributed by atoms with van der Waals surface area (Å²) in [4.78, 5) is 30.2. The Kier molecular flexibility index (Phi) is 6.52. The van der Waals surface area contributed by atoms with Crippen molar-refractivity contribution in [3.8, 4) is 0 Å². The van der Waals surface area contributed by atoms with Crippen LogP contribution < -0.4 is 5.73 Å². The van der Waals surface area contributed by atoms with Crippen molar-refractivity contribution in [1.82, 2.24) is 14.4 Å². The Balaban J connectivity index is 1.43. The van der Waals surface area contributed by atoms with Gasteiger partial charge in [-0.15, -0.1) is 0 Å². The van der Waals surface area contributed by atoms with Gasteiger partial charge < -0.3 is 24.8 Å². The van der Waals surface area contributed by atoms with Crippen molar-refractivity contribution in [2.45, 2.75) is 52.9 Å². The number of nitrogens with zero attached hydrogens (tertiary/aromatic N) is 3. The van der Waals surface area contributed by atoms with E-state index < -0.39 is 6.23 Å². The zero-order valence-electron chi connectivity index (χ0n) is 20.3. The third-order valence-electron chi connectivity index (χ3n) is 7.42. The van der Waals surface area contributed by atoms with Crippen LogP contribution in [0.5, 0.6) is 0 Å². The van der Waals surface area contributed by atoms with Gasteiger partial charge in [0.05, 0.1) is 5.92 Å². The van der Waals surface area contributed by atoms with Gasteiger partial charge in [-0.1, -0.05) is 32.0 Å². The minimum absolute atomic E-state index is 0.00936. The maximum atomic E-state index is 13.5. The van der Waals surface area contributed by atoms with Crippen molar-refractivity contribution >= 4 is 22.7 Å². The highest BCUT2D eigenvalue weighted by atomic mass is 16.6.